The number of para-hydroxylation sites is 1. The van der Waals surface area contributed by atoms with Crippen molar-refractivity contribution in [1.82, 2.24) is 4.90 Å². The van der Waals surface area contributed by atoms with Crippen molar-refractivity contribution in [3.63, 3.8) is 0 Å². The molecule has 0 radical (unpaired) electrons. The summed E-state index contributed by atoms with van der Waals surface area (Å²) in [4.78, 5) is 2.82. The van der Waals surface area contributed by atoms with Crippen molar-refractivity contribution in [3.8, 4) is 5.75 Å². The number of likely N-dealkylation sites (tertiary alicyclic amines) is 1. The highest BCUT2D eigenvalue weighted by molar-refractivity contribution is 5.36. The van der Waals surface area contributed by atoms with Crippen LogP contribution in [-0.4, -0.2) is 30.1 Å². The summed E-state index contributed by atoms with van der Waals surface area (Å²) in [5.74, 6) is 3.61. The molecule has 0 N–H and O–H groups in total. The second-order valence-corrected chi connectivity index (χ2v) is 8.82. The Morgan fingerprint density at radius 2 is 1.81 bits per heavy atom. The fourth-order valence-corrected chi connectivity index (χ4v) is 5.03. The second-order valence-electron chi connectivity index (χ2n) is 8.82. The zero-order valence-corrected chi connectivity index (χ0v) is 17.4. The molecule has 2 fully saturated rings. The number of benzene rings is 1. The summed E-state index contributed by atoms with van der Waals surface area (Å²) in [6.07, 6.45) is 9.58. The molecular formula is C24H39NO. The van der Waals surface area contributed by atoms with Crippen LogP contribution in [0.2, 0.25) is 0 Å². The molecule has 0 aromatic heterocycles. The van der Waals surface area contributed by atoms with Crippen LogP contribution >= 0.6 is 0 Å². The van der Waals surface area contributed by atoms with Crippen LogP contribution in [0.4, 0.5) is 0 Å². The summed E-state index contributed by atoms with van der Waals surface area (Å²) in [5.41, 5.74) is 1.44. The lowest BCUT2D eigenvalue weighted by atomic mass is 9.76. The van der Waals surface area contributed by atoms with Gasteiger partial charge in [-0.05, 0) is 81.5 Å². The molecule has 146 valence electrons. The van der Waals surface area contributed by atoms with Gasteiger partial charge in [0.1, 0.15) is 5.75 Å². The van der Waals surface area contributed by atoms with E-state index in [-0.39, 0.29) is 0 Å². The van der Waals surface area contributed by atoms with Gasteiger partial charge >= 0.3 is 0 Å². The number of ether oxygens (including phenoxy) is 1. The minimum absolute atomic E-state index is 0.297. The van der Waals surface area contributed by atoms with Crippen LogP contribution in [0.3, 0.4) is 0 Å². The van der Waals surface area contributed by atoms with Gasteiger partial charge in [-0.1, -0.05) is 51.8 Å². The minimum Gasteiger partial charge on any atom is -0.490 e. The molecule has 0 amide bonds. The number of hydrogen-bond donors (Lipinski definition) is 0. The first kappa shape index (κ1) is 19.7. The standard InChI is InChI=1S/C24H39NO/c1-5-19(4)26-24-10-8-7-9-22(24)21-13-15-25(16-14-21)23-17-20(6-2)12-11-18(23)3/h7-10,18-21,23H,5-6,11-17H2,1-4H3/t18-,19?,20-,23+/m1/s1. The number of piperidine rings is 1. The van der Waals surface area contributed by atoms with Crippen molar-refractivity contribution >= 4 is 0 Å². The van der Waals surface area contributed by atoms with E-state index in [2.05, 4.69) is 56.9 Å². The zero-order valence-electron chi connectivity index (χ0n) is 17.4. The van der Waals surface area contributed by atoms with Crippen molar-refractivity contribution in [2.45, 2.75) is 90.7 Å². The van der Waals surface area contributed by atoms with Gasteiger partial charge in [0, 0.05) is 6.04 Å². The predicted molar refractivity (Wildman–Crippen MR) is 111 cm³/mol. The Morgan fingerprint density at radius 3 is 2.50 bits per heavy atom. The van der Waals surface area contributed by atoms with Crippen molar-refractivity contribution in [3.05, 3.63) is 29.8 Å². The highest BCUT2D eigenvalue weighted by Crippen LogP contribution is 2.39. The van der Waals surface area contributed by atoms with Crippen LogP contribution < -0.4 is 4.74 Å². The largest absolute Gasteiger partial charge is 0.490 e. The molecule has 1 saturated heterocycles. The lowest BCUT2D eigenvalue weighted by Gasteiger charge is -2.44. The van der Waals surface area contributed by atoms with E-state index in [0.29, 0.717) is 12.0 Å². The highest BCUT2D eigenvalue weighted by atomic mass is 16.5. The van der Waals surface area contributed by atoms with Crippen LogP contribution in [0, 0.1) is 11.8 Å². The molecule has 2 aliphatic rings. The average Bonchev–Trinajstić information content (AvgIpc) is 2.69. The van der Waals surface area contributed by atoms with Gasteiger partial charge in [-0.2, -0.15) is 0 Å². The molecular weight excluding hydrogens is 318 g/mol. The Bertz CT molecular complexity index is 549. The molecule has 1 unspecified atom stereocenters. The van der Waals surface area contributed by atoms with E-state index in [4.69, 9.17) is 4.74 Å². The van der Waals surface area contributed by atoms with Crippen molar-refractivity contribution in [1.29, 1.82) is 0 Å². The van der Waals surface area contributed by atoms with Crippen molar-refractivity contribution in [2.24, 2.45) is 11.8 Å². The maximum Gasteiger partial charge on any atom is 0.123 e. The summed E-state index contributed by atoms with van der Waals surface area (Å²) >= 11 is 0. The smallest absolute Gasteiger partial charge is 0.123 e. The number of hydrogen-bond acceptors (Lipinski definition) is 2. The average molecular weight is 358 g/mol. The predicted octanol–water partition coefficient (Wildman–Crippen LogP) is 6.26. The van der Waals surface area contributed by atoms with E-state index in [1.807, 2.05) is 0 Å². The van der Waals surface area contributed by atoms with E-state index >= 15 is 0 Å². The quantitative estimate of drug-likeness (QED) is 0.596. The zero-order chi connectivity index (χ0) is 18.5. The Kier molecular flexibility index (Phi) is 7.03. The molecule has 2 heteroatoms. The Balaban J connectivity index is 1.62. The fourth-order valence-electron chi connectivity index (χ4n) is 5.03. The van der Waals surface area contributed by atoms with Crippen LogP contribution in [0.15, 0.2) is 24.3 Å². The maximum absolute atomic E-state index is 6.22. The second kappa shape index (κ2) is 9.26. The number of nitrogens with zero attached hydrogens (tertiary/aromatic N) is 1. The third-order valence-corrected chi connectivity index (χ3v) is 7.10. The van der Waals surface area contributed by atoms with Gasteiger partial charge in [-0.25, -0.2) is 0 Å². The normalized spacial score (nSPS) is 29.5. The highest BCUT2D eigenvalue weighted by Gasteiger charge is 2.34. The number of rotatable bonds is 6. The molecule has 4 atom stereocenters. The van der Waals surface area contributed by atoms with Gasteiger partial charge < -0.3 is 9.64 Å². The lowest BCUT2D eigenvalue weighted by molar-refractivity contribution is 0.0638. The Hall–Kier alpha value is -1.02. The van der Waals surface area contributed by atoms with E-state index in [1.54, 1.807) is 0 Å². The van der Waals surface area contributed by atoms with E-state index in [1.165, 1.54) is 57.2 Å². The van der Waals surface area contributed by atoms with Gasteiger partial charge in [0.05, 0.1) is 6.10 Å². The third-order valence-electron chi connectivity index (χ3n) is 7.10. The topological polar surface area (TPSA) is 12.5 Å². The summed E-state index contributed by atoms with van der Waals surface area (Å²) in [6.45, 7) is 11.7. The molecule has 0 spiro atoms. The van der Waals surface area contributed by atoms with Gasteiger partial charge in [0.2, 0.25) is 0 Å². The SMILES string of the molecule is CCC(C)Oc1ccccc1C1CCN([C@H]2C[C@H](CC)CC[C@H]2C)CC1. The van der Waals surface area contributed by atoms with Gasteiger partial charge in [-0.15, -0.1) is 0 Å². The molecule has 1 saturated carbocycles. The summed E-state index contributed by atoms with van der Waals surface area (Å²) < 4.78 is 6.22. The first-order valence-corrected chi connectivity index (χ1v) is 11.1. The fraction of sp³-hybridized carbons (Fsp3) is 0.750. The van der Waals surface area contributed by atoms with Gasteiger partial charge in [0.15, 0.2) is 0 Å². The van der Waals surface area contributed by atoms with E-state index in [9.17, 15) is 0 Å². The summed E-state index contributed by atoms with van der Waals surface area (Å²) in [7, 11) is 0. The van der Waals surface area contributed by atoms with E-state index < -0.39 is 0 Å². The molecule has 1 heterocycles. The molecule has 1 aliphatic heterocycles. The molecule has 26 heavy (non-hydrogen) atoms. The Morgan fingerprint density at radius 1 is 1.08 bits per heavy atom. The maximum atomic E-state index is 6.22. The third kappa shape index (κ3) is 4.63. The monoisotopic (exact) mass is 357 g/mol. The van der Waals surface area contributed by atoms with E-state index in [0.717, 1.165) is 30.0 Å². The molecule has 3 rings (SSSR count). The molecule has 1 aromatic rings. The molecule has 1 aliphatic carbocycles. The summed E-state index contributed by atoms with van der Waals surface area (Å²) in [5, 5.41) is 0. The molecule has 2 nitrogen and oxygen atoms in total. The van der Waals surface area contributed by atoms with Crippen LogP contribution in [-0.2, 0) is 0 Å². The van der Waals surface area contributed by atoms with Crippen LogP contribution in [0.5, 0.6) is 5.75 Å². The molecule has 0 bridgehead atoms. The minimum atomic E-state index is 0.297. The first-order chi connectivity index (χ1) is 12.6. The van der Waals surface area contributed by atoms with Gasteiger partial charge in [-0.3, -0.25) is 0 Å². The van der Waals surface area contributed by atoms with Crippen molar-refractivity contribution in [2.75, 3.05) is 13.1 Å². The van der Waals surface area contributed by atoms with Crippen LogP contribution in [0.1, 0.15) is 84.1 Å². The molecule has 1 aromatic carbocycles. The Labute approximate surface area is 161 Å². The lowest BCUT2D eigenvalue weighted by Crippen LogP contribution is -2.47. The summed E-state index contributed by atoms with van der Waals surface area (Å²) in [6, 6.07) is 9.59. The van der Waals surface area contributed by atoms with Gasteiger partial charge in [0.25, 0.3) is 0 Å². The first-order valence-electron chi connectivity index (χ1n) is 11.1. The van der Waals surface area contributed by atoms with Crippen LogP contribution in [0.25, 0.3) is 0 Å². The van der Waals surface area contributed by atoms with Crippen molar-refractivity contribution < 1.29 is 4.74 Å².